The van der Waals surface area contributed by atoms with Crippen LogP contribution in [0.5, 0.6) is 0 Å². The van der Waals surface area contributed by atoms with Gasteiger partial charge in [-0.25, -0.2) is 0 Å². The molecule has 2 aliphatic carbocycles. The molecule has 0 aromatic carbocycles. The van der Waals surface area contributed by atoms with Gasteiger partial charge in [-0.2, -0.15) is 0 Å². The van der Waals surface area contributed by atoms with E-state index in [4.69, 9.17) is 0 Å². The highest BCUT2D eigenvalue weighted by Crippen LogP contribution is 2.31. The Morgan fingerprint density at radius 3 is 2.95 bits per heavy atom. The maximum absolute atomic E-state index is 4.65. The number of hydrogen-bond donors (Lipinski definition) is 1. The van der Waals surface area contributed by atoms with Crippen LogP contribution in [0.15, 0.2) is 18.3 Å². The zero-order valence-corrected chi connectivity index (χ0v) is 12.1. The Morgan fingerprint density at radius 1 is 1.11 bits per heavy atom. The summed E-state index contributed by atoms with van der Waals surface area (Å²) in [6.45, 7) is 2.42. The number of nitrogens with zero attached hydrogens (tertiary/aromatic N) is 1. The summed E-state index contributed by atoms with van der Waals surface area (Å²) in [6.07, 6.45) is 12.7. The van der Waals surface area contributed by atoms with Crippen molar-refractivity contribution in [1.29, 1.82) is 0 Å². The lowest BCUT2D eigenvalue weighted by Gasteiger charge is -2.32. The minimum absolute atomic E-state index is 0.496. The summed E-state index contributed by atoms with van der Waals surface area (Å²) in [5, 5.41) is 3.94. The van der Waals surface area contributed by atoms with Crippen molar-refractivity contribution in [3.8, 4) is 0 Å². The molecule has 2 nitrogen and oxygen atoms in total. The maximum Gasteiger partial charge on any atom is 0.0605 e. The summed E-state index contributed by atoms with van der Waals surface area (Å²) in [5.74, 6) is 0.816. The minimum atomic E-state index is 0.496. The largest absolute Gasteiger partial charge is 0.306 e. The average molecular weight is 258 g/mol. The Bertz CT molecular complexity index is 415. The normalized spacial score (nSPS) is 31.5. The molecule has 1 heterocycles. The van der Waals surface area contributed by atoms with Crippen LogP contribution in [0, 0.1) is 5.92 Å². The summed E-state index contributed by atoms with van der Waals surface area (Å²) >= 11 is 0. The van der Waals surface area contributed by atoms with E-state index in [9.17, 15) is 0 Å². The molecular formula is C17H26N2. The first-order valence-electron chi connectivity index (χ1n) is 8.04. The first-order valence-corrected chi connectivity index (χ1v) is 8.04. The Kier molecular flexibility index (Phi) is 4.17. The first kappa shape index (κ1) is 13.1. The second-order valence-electron chi connectivity index (χ2n) is 6.38. The van der Waals surface area contributed by atoms with Gasteiger partial charge < -0.3 is 5.32 Å². The Hall–Kier alpha value is -0.890. The van der Waals surface area contributed by atoms with Crippen LogP contribution in [0.2, 0.25) is 0 Å². The van der Waals surface area contributed by atoms with Crippen LogP contribution in [-0.2, 0) is 6.42 Å². The number of aromatic nitrogens is 1. The highest BCUT2D eigenvalue weighted by atomic mass is 15.0. The van der Waals surface area contributed by atoms with Crippen LogP contribution in [-0.4, -0.2) is 11.0 Å². The van der Waals surface area contributed by atoms with E-state index < -0.39 is 0 Å². The molecule has 1 aromatic rings. The quantitative estimate of drug-likeness (QED) is 0.811. The van der Waals surface area contributed by atoms with Gasteiger partial charge in [0, 0.05) is 18.3 Å². The van der Waals surface area contributed by atoms with Gasteiger partial charge in [-0.1, -0.05) is 32.3 Å². The van der Waals surface area contributed by atoms with Crippen LogP contribution in [0.4, 0.5) is 0 Å². The van der Waals surface area contributed by atoms with Crippen molar-refractivity contribution >= 4 is 0 Å². The van der Waals surface area contributed by atoms with E-state index in [1.807, 2.05) is 6.20 Å². The number of fused-ring (bicyclic) bond motifs is 1. The maximum atomic E-state index is 4.65. The van der Waals surface area contributed by atoms with Crippen molar-refractivity contribution in [1.82, 2.24) is 10.3 Å². The third-order valence-electron chi connectivity index (χ3n) is 4.97. The fourth-order valence-corrected chi connectivity index (χ4v) is 3.77. The molecule has 1 N–H and O–H groups in total. The number of pyridine rings is 1. The van der Waals surface area contributed by atoms with E-state index in [2.05, 4.69) is 29.4 Å². The zero-order chi connectivity index (χ0) is 13.1. The average Bonchev–Trinajstić information content (AvgIpc) is 2.65. The highest BCUT2D eigenvalue weighted by Gasteiger charge is 2.26. The molecule has 1 fully saturated rings. The molecule has 1 saturated carbocycles. The molecule has 0 spiro atoms. The highest BCUT2D eigenvalue weighted by molar-refractivity contribution is 5.25. The Balaban J connectivity index is 1.73. The molecule has 0 amide bonds. The fourth-order valence-electron chi connectivity index (χ4n) is 3.77. The summed E-state index contributed by atoms with van der Waals surface area (Å²) in [6, 6.07) is 5.53. The molecule has 3 atom stereocenters. The van der Waals surface area contributed by atoms with E-state index in [1.54, 1.807) is 0 Å². The number of nitrogens with one attached hydrogen (secondary N) is 1. The lowest BCUT2D eigenvalue weighted by Crippen LogP contribution is -2.38. The molecule has 0 saturated heterocycles. The van der Waals surface area contributed by atoms with Crippen molar-refractivity contribution in [3.63, 3.8) is 0 Å². The number of aryl methyl sites for hydroxylation is 1. The monoisotopic (exact) mass is 258 g/mol. The SMILES string of the molecule is CC1CCCCCC1NC1CCCc2cccnc21. The van der Waals surface area contributed by atoms with Crippen LogP contribution >= 0.6 is 0 Å². The summed E-state index contributed by atoms with van der Waals surface area (Å²) in [4.78, 5) is 4.65. The van der Waals surface area contributed by atoms with Gasteiger partial charge in [0.15, 0.2) is 0 Å². The molecule has 0 radical (unpaired) electrons. The topological polar surface area (TPSA) is 24.9 Å². The molecule has 3 unspecified atom stereocenters. The van der Waals surface area contributed by atoms with Crippen molar-refractivity contribution in [2.24, 2.45) is 5.92 Å². The molecule has 0 bridgehead atoms. The van der Waals surface area contributed by atoms with Crippen molar-refractivity contribution in [2.75, 3.05) is 0 Å². The smallest absolute Gasteiger partial charge is 0.0605 e. The third kappa shape index (κ3) is 3.00. The second kappa shape index (κ2) is 6.04. The summed E-state index contributed by atoms with van der Waals surface area (Å²) < 4.78 is 0. The van der Waals surface area contributed by atoms with Gasteiger partial charge in [0.2, 0.25) is 0 Å². The van der Waals surface area contributed by atoms with Gasteiger partial charge in [0.05, 0.1) is 5.69 Å². The molecule has 1 aromatic heterocycles. The van der Waals surface area contributed by atoms with E-state index in [0.717, 1.165) is 5.92 Å². The molecular weight excluding hydrogens is 232 g/mol. The molecule has 0 aliphatic heterocycles. The van der Waals surface area contributed by atoms with Crippen molar-refractivity contribution < 1.29 is 0 Å². The van der Waals surface area contributed by atoms with Crippen LogP contribution < -0.4 is 5.32 Å². The van der Waals surface area contributed by atoms with E-state index >= 15 is 0 Å². The number of rotatable bonds is 2. The van der Waals surface area contributed by atoms with Crippen LogP contribution in [0.3, 0.4) is 0 Å². The fraction of sp³-hybridized carbons (Fsp3) is 0.706. The van der Waals surface area contributed by atoms with Gasteiger partial charge in [-0.05, 0) is 49.7 Å². The van der Waals surface area contributed by atoms with E-state index in [0.29, 0.717) is 12.1 Å². The predicted octanol–water partition coefficient (Wildman–Crippen LogP) is 4.02. The molecule has 2 heteroatoms. The van der Waals surface area contributed by atoms with Crippen molar-refractivity contribution in [2.45, 2.75) is 70.4 Å². The second-order valence-corrected chi connectivity index (χ2v) is 6.38. The standard InChI is InChI=1S/C17H26N2/c1-13-7-3-2-4-10-15(13)19-16-11-5-8-14-9-6-12-18-17(14)16/h6,9,12-13,15-16,19H,2-5,7-8,10-11H2,1H3. The third-order valence-corrected chi connectivity index (χ3v) is 4.97. The Morgan fingerprint density at radius 2 is 2.00 bits per heavy atom. The molecule has 104 valence electrons. The van der Waals surface area contributed by atoms with Gasteiger partial charge in [-0.15, -0.1) is 0 Å². The van der Waals surface area contributed by atoms with Gasteiger partial charge in [0.25, 0.3) is 0 Å². The van der Waals surface area contributed by atoms with Gasteiger partial charge >= 0.3 is 0 Å². The van der Waals surface area contributed by atoms with Crippen LogP contribution in [0.1, 0.15) is 69.2 Å². The molecule has 19 heavy (non-hydrogen) atoms. The lowest BCUT2D eigenvalue weighted by molar-refractivity contribution is 0.302. The summed E-state index contributed by atoms with van der Waals surface area (Å²) in [5.41, 5.74) is 2.79. The predicted molar refractivity (Wildman–Crippen MR) is 79.1 cm³/mol. The van der Waals surface area contributed by atoms with E-state index in [1.165, 1.54) is 62.6 Å². The minimum Gasteiger partial charge on any atom is -0.306 e. The Labute approximate surface area is 117 Å². The van der Waals surface area contributed by atoms with E-state index in [-0.39, 0.29) is 0 Å². The van der Waals surface area contributed by atoms with Gasteiger partial charge in [-0.3, -0.25) is 4.98 Å². The molecule has 3 rings (SSSR count). The van der Waals surface area contributed by atoms with Crippen molar-refractivity contribution in [3.05, 3.63) is 29.6 Å². The molecule has 2 aliphatic rings. The van der Waals surface area contributed by atoms with Gasteiger partial charge in [0.1, 0.15) is 0 Å². The summed E-state index contributed by atoms with van der Waals surface area (Å²) in [7, 11) is 0. The lowest BCUT2D eigenvalue weighted by atomic mass is 9.89. The van der Waals surface area contributed by atoms with Crippen LogP contribution in [0.25, 0.3) is 0 Å². The zero-order valence-electron chi connectivity index (χ0n) is 12.1. The number of hydrogen-bond acceptors (Lipinski definition) is 2. The first-order chi connectivity index (χ1) is 9.34.